The molecule has 0 fully saturated rings. The molecule has 0 aliphatic carbocycles. The topological polar surface area (TPSA) is 44.5 Å². The van der Waals surface area contributed by atoms with E-state index in [1.54, 1.807) is 13.2 Å². The fourth-order valence-electron chi connectivity index (χ4n) is 1.69. The predicted octanol–water partition coefficient (Wildman–Crippen LogP) is 3.63. The van der Waals surface area contributed by atoms with Crippen molar-refractivity contribution < 1.29 is 9.47 Å². The summed E-state index contributed by atoms with van der Waals surface area (Å²) in [6.07, 6.45) is 6.20. The van der Waals surface area contributed by atoms with E-state index in [9.17, 15) is 0 Å². The Balaban J connectivity index is 2.28. The number of rotatable bonds is 8. The molecule has 3 nitrogen and oxygen atoms in total. The van der Waals surface area contributed by atoms with Gasteiger partial charge in [0.1, 0.15) is 11.5 Å². The lowest BCUT2D eigenvalue weighted by molar-refractivity contribution is 0.302. The summed E-state index contributed by atoms with van der Waals surface area (Å²) in [5, 5.41) is 0. The van der Waals surface area contributed by atoms with Crippen LogP contribution in [-0.4, -0.2) is 13.7 Å². The Morgan fingerprint density at radius 1 is 1.00 bits per heavy atom. The van der Waals surface area contributed by atoms with Gasteiger partial charge in [-0.25, -0.2) is 0 Å². The highest BCUT2D eigenvalue weighted by Gasteiger charge is 2.00. The molecule has 3 heteroatoms. The standard InChI is InChI=1S/C14H23NO2/c1-3-4-5-6-7-8-17-14-10-12(15)9-13(11-14)16-2/h9-11H,3-8,15H2,1-2H3. The van der Waals surface area contributed by atoms with E-state index in [4.69, 9.17) is 15.2 Å². The Labute approximate surface area is 104 Å². The van der Waals surface area contributed by atoms with Gasteiger partial charge in [0.15, 0.2) is 0 Å². The largest absolute Gasteiger partial charge is 0.497 e. The molecule has 0 heterocycles. The summed E-state index contributed by atoms with van der Waals surface area (Å²) in [6.45, 7) is 2.96. The van der Waals surface area contributed by atoms with Crippen molar-refractivity contribution in [2.75, 3.05) is 19.5 Å². The molecule has 0 aromatic heterocycles. The lowest BCUT2D eigenvalue weighted by atomic mass is 10.2. The Kier molecular flexibility index (Phi) is 6.30. The molecule has 0 saturated heterocycles. The van der Waals surface area contributed by atoms with Crippen LogP contribution >= 0.6 is 0 Å². The van der Waals surface area contributed by atoms with Gasteiger partial charge in [-0.1, -0.05) is 32.6 Å². The molecule has 96 valence electrons. The molecule has 0 bridgehead atoms. The number of nitrogens with two attached hydrogens (primary N) is 1. The number of nitrogen functional groups attached to an aromatic ring is 1. The molecular weight excluding hydrogens is 214 g/mol. The van der Waals surface area contributed by atoms with Crippen molar-refractivity contribution in [1.29, 1.82) is 0 Å². The Bertz CT molecular complexity index is 326. The molecule has 0 saturated carbocycles. The second-order valence-corrected chi connectivity index (χ2v) is 4.20. The SMILES string of the molecule is CCCCCCCOc1cc(N)cc(OC)c1. The maximum absolute atomic E-state index is 5.74. The van der Waals surface area contributed by atoms with Crippen LogP contribution in [0.4, 0.5) is 5.69 Å². The lowest BCUT2D eigenvalue weighted by Gasteiger charge is -2.09. The van der Waals surface area contributed by atoms with Crippen LogP contribution in [0.3, 0.4) is 0 Å². The van der Waals surface area contributed by atoms with Gasteiger partial charge in [0.25, 0.3) is 0 Å². The number of anilines is 1. The Morgan fingerprint density at radius 3 is 2.41 bits per heavy atom. The van der Waals surface area contributed by atoms with E-state index < -0.39 is 0 Å². The first-order chi connectivity index (χ1) is 8.26. The summed E-state index contributed by atoms with van der Waals surface area (Å²) >= 11 is 0. The average Bonchev–Trinajstić information content (AvgIpc) is 2.33. The third-order valence-electron chi connectivity index (χ3n) is 2.65. The molecule has 17 heavy (non-hydrogen) atoms. The molecule has 1 aromatic rings. The number of methoxy groups -OCH3 is 1. The van der Waals surface area contributed by atoms with Crippen molar-refractivity contribution in [3.8, 4) is 11.5 Å². The van der Waals surface area contributed by atoms with Crippen LogP contribution in [0.15, 0.2) is 18.2 Å². The summed E-state index contributed by atoms with van der Waals surface area (Å²) in [5.41, 5.74) is 6.42. The van der Waals surface area contributed by atoms with Crippen molar-refractivity contribution in [3.63, 3.8) is 0 Å². The molecule has 0 unspecified atom stereocenters. The van der Waals surface area contributed by atoms with Crippen LogP contribution in [0, 0.1) is 0 Å². The lowest BCUT2D eigenvalue weighted by Crippen LogP contribution is -1.98. The number of benzene rings is 1. The number of hydrogen-bond acceptors (Lipinski definition) is 3. The van der Waals surface area contributed by atoms with Gasteiger partial charge in [-0.15, -0.1) is 0 Å². The van der Waals surface area contributed by atoms with Crippen molar-refractivity contribution in [1.82, 2.24) is 0 Å². The summed E-state index contributed by atoms with van der Waals surface area (Å²) in [7, 11) is 1.63. The van der Waals surface area contributed by atoms with Gasteiger partial charge >= 0.3 is 0 Å². The highest BCUT2D eigenvalue weighted by Crippen LogP contribution is 2.24. The minimum Gasteiger partial charge on any atom is -0.497 e. The van der Waals surface area contributed by atoms with Gasteiger partial charge in [0.2, 0.25) is 0 Å². The molecule has 0 spiro atoms. The molecular formula is C14H23NO2. The maximum Gasteiger partial charge on any atom is 0.125 e. The molecule has 1 aromatic carbocycles. The van der Waals surface area contributed by atoms with Crippen LogP contribution in [0.25, 0.3) is 0 Å². The quantitative estimate of drug-likeness (QED) is 0.554. The summed E-state index contributed by atoms with van der Waals surface area (Å²) in [4.78, 5) is 0. The summed E-state index contributed by atoms with van der Waals surface area (Å²) < 4.78 is 10.8. The first-order valence-corrected chi connectivity index (χ1v) is 6.33. The smallest absolute Gasteiger partial charge is 0.125 e. The van der Waals surface area contributed by atoms with Crippen LogP contribution in [0.1, 0.15) is 39.0 Å². The van der Waals surface area contributed by atoms with Crippen molar-refractivity contribution in [2.24, 2.45) is 0 Å². The summed E-state index contributed by atoms with van der Waals surface area (Å²) in [5.74, 6) is 1.53. The Hall–Kier alpha value is -1.38. The van der Waals surface area contributed by atoms with E-state index >= 15 is 0 Å². The molecule has 2 N–H and O–H groups in total. The number of unbranched alkanes of at least 4 members (excludes halogenated alkanes) is 4. The van der Waals surface area contributed by atoms with Gasteiger partial charge < -0.3 is 15.2 Å². The van der Waals surface area contributed by atoms with Gasteiger partial charge in [0, 0.05) is 23.9 Å². The van der Waals surface area contributed by atoms with Crippen LogP contribution in [0.5, 0.6) is 11.5 Å². The second-order valence-electron chi connectivity index (χ2n) is 4.20. The first kappa shape index (κ1) is 13.7. The fraction of sp³-hybridized carbons (Fsp3) is 0.571. The minimum atomic E-state index is 0.672. The fourth-order valence-corrected chi connectivity index (χ4v) is 1.69. The third-order valence-corrected chi connectivity index (χ3v) is 2.65. The van der Waals surface area contributed by atoms with Crippen molar-refractivity contribution >= 4 is 5.69 Å². The van der Waals surface area contributed by atoms with Crippen LogP contribution in [-0.2, 0) is 0 Å². The Morgan fingerprint density at radius 2 is 1.71 bits per heavy atom. The zero-order valence-electron chi connectivity index (χ0n) is 10.9. The molecule has 0 radical (unpaired) electrons. The van der Waals surface area contributed by atoms with E-state index in [2.05, 4.69) is 6.92 Å². The van der Waals surface area contributed by atoms with Crippen molar-refractivity contribution in [2.45, 2.75) is 39.0 Å². The van der Waals surface area contributed by atoms with Gasteiger partial charge in [-0.2, -0.15) is 0 Å². The van der Waals surface area contributed by atoms with E-state index in [0.29, 0.717) is 5.69 Å². The average molecular weight is 237 g/mol. The highest BCUT2D eigenvalue weighted by molar-refractivity contribution is 5.50. The predicted molar refractivity (Wildman–Crippen MR) is 71.7 cm³/mol. The number of hydrogen-bond donors (Lipinski definition) is 1. The zero-order valence-corrected chi connectivity index (χ0v) is 10.9. The minimum absolute atomic E-state index is 0.672. The molecule has 0 amide bonds. The number of ether oxygens (including phenoxy) is 2. The zero-order chi connectivity index (χ0) is 12.5. The van der Waals surface area contributed by atoms with Crippen LogP contribution in [0.2, 0.25) is 0 Å². The van der Waals surface area contributed by atoms with E-state index in [1.165, 1.54) is 25.7 Å². The molecule has 0 aliphatic heterocycles. The maximum atomic E-state index is 5.74. The highest BCUT2D eigenvalue weighted by atomic mass is 16.5. The normalized spacial score (nSPS) is 10.2. The van der Waals surface area contributed by atoms with Gasteiger partial charge in [0.05, 0.1) is 13.7 Å². The van der Waals surface area contributed by atoms with Gasteiger partial charge in [-0.3, -0.25) is 0 Å². The molecule has 0 aliphatic rings. The molecule has 1 rings (SSSR count). The van der Waals surface area contributed by atoms with E-state index in [0.717, 1.165) is 24.5 Å². The monoisotopic (exact) mass is 237 g/mol. The van der Waals surface area contributed by atoms with Gasteiger partial charge in [-0.05, 0) is 6.42 Å². The first-order valence-electron chi connectivity index (χ1n) is 6.33. The third kappa shape index (κ3) is 5.48. The van der Waals surface area contributed by atoms with Crippen LogP contribution < -0.4 is 15.2 Å². The van der Waals surface area contributed by atoms with Crippen molar-refractivity contribution in [3.05, 3.63) is 18.2 Å². The van der Waals surface area contributed by atoms with E-state index in [-0.39, 0.29) is 0 Å². The second kappa shape index (κ2) is 7.82. The molecule has 0 atom stereocenters. The van der Waals surface area contributed by atoms with E-state index in [1.807, 2.05) is 12.1 Å². The summed E-state index contributed by atoms with van der Waals surface area (Å²) in [6, 6.07) is 5.48.